The molecule has 1 fully saturated rings. The molecule has 0 aliphatic heterocycles. The Morgan fingerprint density at radius 2 is 1.57 bits per heavy atom. The normalized spacial score (nSPS) is 15.0. The second-order valence-electron chi connectivity index (χ2n) is 16.4. The SMILES string of the molecule is CCCCOc1nc(N)c2nc(O)n(Cc3ccc(C(=O)NCCOCCOCCNC(=O)C(CCC(=O)O)NC(=O)C(NC(=O)CNC(=O)C4CC4c4ccc(F)c(F)c4)C(C)C)cc3)c2n1. The fourth-order valence-electron chi connectivity index (χ4n) is 6.93. The zero-order valence-corrected chi connectivity index (χ0v) is 38.0. The highest BCUT2D eigenvalue weighted by molar-refractivity contribution is 5.95. The lowest BCUT2D eigenvalue weighted by molar-refractivity contribution is -0.138. The highest BCUT2D eigenvalue weighted by atomic mass is 19.2. The number of hydrogen-bond acceptors (Lipinski definition) is 14. The predicted molar refractivity (Wildman–Crippen MR) is 240 cm³/mol. The lowest BCUT2D eigenvalue weighted by Crippen LogP contribution is -2.56. The number of amides is 5. The Morgan fingerprint density at radius 1 is 0.868 bits per heavy atom. The number of hydrogen-bond donors (Lipinski definition) is 8. The molecule has 1 aliphatic carbocycles. The zero-order valence-electron chi connectivity index (χ0n) is 38.0. The molecule has 68 heavy (non-hydrogen) atoms. The van der Waals surface area contributed by atoms with Crippen LogP contribution in [-0.2, 0) is 40.0 Å². The molecule has 4 atom stereocenters. The van der Waals surface area contributed by atoms with Crippen LogP contribution >= 0.6 is 0 Å². The van der Waals surface area contributed by atoms with Crippen LogP contribution in [0.1, 0.15) is 80.3 Å². The van der Waals surface area contributed by atoms with Crippen molar-refractivity contribution in [3.05, 3.63) is 70.8 Å². The molecule has 0 radical (unpaired) electrons. The highest BCUT2D eigenvalue weighted by Gasteiger charge is 2.44. The van der Waals surface area contributed by atoms with Crippen molar-refractivity contribution in [2.75, 3.05) is 58.4 Å². The number of halogens is 2. The molecule has 5 rings (SSSR count). The molecule has 0 bridgehead atoms. The predicted octanol–water partition coefficient (Wildman–Crippen LogP) is 1.91. The summed E-state index contributed by atoms with van der Waals surface area (Å²) in [6, 6.07) is 7.58. The lowest BCUT2D eigenvalue weighted by atomic mass is 10.0. The molecule has 1 aliphatic rings. The fourth-order valence-corrected chi connectivity index (χ4v) is 6.93. The summed E-state index contributed by atoms with van der Waals surface area (Å²) in [6.45, 7) is 6.29. The first kappa shape index (κ1) is 52.0. The van der Waals surface area contributed by atoms with Gasteiger partial charge in [0.05, 0.1) is 46.1 Å². The Kier molecular flexibility index (Phi) is 19.3. The molecule has 23 heteroatoms. The van der Waals surface area contributed by atoms with Gasteiger partial charge in [-0.2, -0.15) is 15.0 Å². The van der Waals surface area contributed by atoms with E-state index < -0.39 is 78.1 Å². The summed E-state index contributed by atoms with van der Waals surface area (Å²) < 4.78 is 45.0. The maximum absolute atomic E-state index is 13.6. The lowest BCUT2D eigenvalue weighted by Gasteiger charge is -2.25. The fraction of sp³-hybridized carbons (Fsp3) is 0.489. The van der Waals surface area contributed by atoms with Crippen molar-refractivity contribution in [3.63, 3.8) is 0 Å². The van der Waals surface area contributed by atoms with Crippen molar-refractivity contribution in [2.24, 2.45) is 11.8 Å². The molecular weight excluding hydrogens is 895 g/mol. The molecular formula is C45H58F2N10O11. The Balaban J connectivity index is 0.961. The number of anilines is 1. The summed E-state index contributed by atoms with van der Waals surface area (Å²) in [5, 5.41) is 32.7. The first-order valence-electron chi connectivity index (χ1n) is 22.3. The second kappa shape index (κ2) is 25.2. The van der Waals surface area contributed by atoms with Gasteiger partial charge in [0.1, 0.15) is 12.1 Å². The van der Waals surface area contributed by atoms with E-state index in [1.54, 1.807) is 38.1 Å². The summed E-state index contributed by atoms with van der Waals surface area (Å²) in [7, 11) is 0. The van der Waals surface area contributed by atoms with Crippen molar-refractivity contribution in [3.8, 4) is 12.0 Å². The van der Waals surface area contributed by atoms with Crippen LogP contribution in [0.15, 0.2) is 42.5 Å². The van der Waals surface area contributed by atoms with Crippen LogP contribution in [0.25, 0.3) is 11.2 Å². The Hall–Kier alpha value is -7.01. The number of carbonyl (C=O) groups is 6. The molecule has 0 saturated heterocycles. The van der Waals surface area contributed by atoms with Gasteiger partial charge in [-0.3, -0.25) is 33.3 Å². The van der Waals surface area contributed by atoms with Gasteiger partial charge in [0, 0.05) is 31.0 Å². The van der Waals surface area contributed by atoms with E-state index >= 15 is 0 Å². The molecule has 2 heterocycles. The average molecular weight is 953 g/mol. The molecule has 21 nitrogen and oxygen atoms in total. The number of nitrogens with one attached hydrogen (secondary N) is 5. The minimum atomic E-state index is -1.26. The smallest absolute Gasteiger partial charge is 0.320 e. The number of imidazole rings is 1. The summed E-state index contributed by atoms with van der Waals surface area (Å²) in [5.74, 6) is -7.32. The van der Waals surface area contributed by atoms with Gasteiger partial charge >= 0.3 is 12.0 Å². The zero-order chi connectivity index (χ0) is 49.3. The molecule has 368 valence electrons. The summed E-state index contributed by atoms with van der Waals surface area (Å²) in [4.78, 5) is 88.4. The molecule has 4 aromatic rings. The van der Waals surface area contributed by atoms with E-state index in [9.17, 15) is 47.8 Å². The largest absolute Gasteiger partial charge is 0.481 e. The number of unbranched alkanes of at least 4 members (excludes halogenated alkanes) is 1. The average Bonchev–Trinajstić information content (AvgIpc) is 4.05. The minimum Gasteiger partial charge on any atom is -0.481 e. The number of carboxylic acid groups (broad SMARTS) is 1. The van der Waals surface area contributed by atoms with Crippen LogP contribution in [0.2, 0.25) is 0 Å². The second-order valence-corrected chi connectivity index (χ2v) is 16.4. The van der Waals surface area contributed by atoms with Gasteiger partial charge in [-0.15, -0.1) is 0 Å². The number of carboxylic acids is 1. The molecule has 2 aromatic carbocycles. The number of aromatic nitrogens is 4. The van der Waals surface area contributed by atoms with Crippen molar-refractivity contribution in [1.29, 1.82) is 0 Å². The van der Waals surface area contributed by atoms with Gasteiger partial charge in [0.15, 0.2) is 28.6 Å². The summed E-state index contributed by atoms with van der Waals surface area (Å²) >= 11 is 0. The molecule has 9 N–H and O–H groups in total. The number of benzene rings is 2. The quantitative estimate of drug-likeness (QED) is 0.0377. The van der Waals surface area contributed by atoms with Crippen molar-refractivity contribution >= 4 is 52.5 Å². The number of ether oxygens (including phenoxy) is 3. The van der Waals surface area contributed by atoms with E-state index in [0.29, 0.717) is 29.8 Å². The maximum Gasteiger partial charge on any atom is 0.320 e. The van der Waals surface area contributed by atoms with Gasteiger partial charge in [-0.05, 0) is 66.5 Å². The van der Waals surface area contributed by atoms with Crippen LogP contribution in [-0.4, -0.2) is 130 Å². The summed E-state index contributed by atoms with van der Waals surface area (Å²) in [6.07, 6.45) is 1.47. The van der Waals surface area contributed by atoms with E-state index in [1.807, 2.05) is 6.92 Å². The third-order valence-corrected chi connectivity index (χ3v) is 10.8. The molecule has 0 spiro atoms. The molecule has 2 aromatic heterocycles. The Labute approximate surface area is 390 Å². The highest BCUT2D eigenvalue weighted by Crippen LogP contribution is 2.47. The molecule has 5 amide bonds. The first-order valence-corrected chi connectivity index (χ1v) is 22.3. The number of aromatic hydroxyl groups is 1. The monoisotopic (exact) mass is 952 g/mol. The van der Waals surface area contributed by atoms with E-state index in [2.05, 4.69) is 41.5 Å². The Bertz CT molecular complexity index is 2400. The number of rotatable bonds is 28. The van der Waals surface area contributed by atoms with Crippen LogP contribution in [0.5, 0.6) is 12.0 Å². The third kappa shape index (κ3) is 15.3. The first-order chi connectivity index (χ1) is 32.6. The number of fused-ring (bicyclic) bond motifs is 1. The van der Waals surface area contributed by atoms with Crippen LogP contribution in [0.4, 0.5) is 14.6 Å². The van der Waals surface area contributed by atoms with Crippen molar-refractivity contribution < 1.29 is 62.0 Å². The van der Waals surface area contributed by atoms with Crippen LogP contribution < -0.4 is 37.1 Å². The number of aliphatic carboxylic acids is 1. The number of nitrogen functional groups attached to an aromatic ring is 1. The number of nitrogens with zero attached hydrogens (tertiary/aromatic N) is 4. The van der Waals surface area contributed by atoms with E-state index in [4.69, 9.17) is 19.9 Å². The topological polar surface area (TPSA) is 300 Å². The maximum atomic E-state index is 13.6. The summed E-state index contributed by atoms with van der Waals surface area (Å²) in [5.41, 5.74) is 8.22. The number of carbonyl (C=O) groups excluding carboxylic acids is 5. The Morgan fingerprint density at radius 3 is 2.24 bits per heavy atom. The standard InChI is InChI=1S/C45H58F2N10O11/c1-4-5-16-68-44-55-38(48)37-39(56-44)57(45(65)54-37)24-26-6-8-27(9-7-26)40(61)49-14-17-66-19-20-67-18-15-50-42(63)33(12-13-35(59)60)52-43(64)36(25(2)3)53-34(58)23-51-41(62)30-22-29(30)28-10-11-31(46)32(47)21-28/h6-11,21,25,29-30,33,36H,4-5,12-20,22-24H2,1-3H3,(H,49,61)(H,50,63)(H,51,62)(H,52,64)(H,53,58)(H,54,65)(H,59,60)(H2,48,55,56). The third-order valence-electron chi connectivity index (χ3n) is 10.8. The van der Waals surface area contributed by atoms with E-state index in [-0.39, 0.29) is 87.7 Å². The van der Waals surface area contributed by atoms with E-state index in [0.717, 1.165) is 30.5 Å². The van der Waals surface area contributed by atoms with Crippen molar-refractivity contribution in [1.82, 2.24) is 46.1 Å². The van der Waals surface area contributed by atoms with Crippen LogP contribution in [0.3, 0.4) is 0 Å². The van der Waals surface area contributed by atoms with Gasteiger partial charge in [-0.25, -0.2) is 8.78 Å². The van der Waals surface area contributed by atoms with Crippen LogP contribution in [0, 0.1) is 23.5 Å². The number of nitrogens with two attached hydrogens (primary N) is 1. The minimum absolute atomic E-state index is 0.0210. The van der Waals surface area contributed by atoms with Gasteiger partial charge in [-0.1, -0.05) is 45.4 Å². The van der Waals surface area contributed by atoms with E-state index in [1.165, 1.54) is 10.6 Å². The van der Waals surface area contributed by atoms with Gasteiger partial charge < -0.3 is 56.7 Å². The molecule has 4 unspecified atom stereocenters. The van der Waals surface area contributed by atoms with Gasteiger partial charge in [0.2, 0.25) is 23.6 Å². The van der Waals surface area contributed by atoms with Gasteiger partial charge in [0.25, 0.3) is 11.9 Å². The molecule has 1 saturated carbocycles. The van der Waals surface area contributed by atoms with Crippen molar-refractivity contribution in [2.45, 2.75) is 77.4 Å².